The van der Waals surface area contributed by atoms with Crippen molar-refractivity contribution in [3.05, 3.63) is 35.9 Å². The number of likely N-dealkylation sites (N-methyl/N-ethyl adjacent to an activating group) is 1. The molecule has 0 saturated carbocycles. The highest BCUT2D eigenvalue weighted by Crippen LogP contribution is 2.23. The van der Waals surface area contributed by atoms with Gasteiger partial charge in [0, 0.05) is 18.4 Å². The SMILES string of the molecule is CNC(=O)[C@@H]1CSCN1C(=O)c1ccccc1. The van der Waals surface area contributed by atoms with Crippen molar-refractivity contribution in [2.45, 2.75) is 6.04 Å². The molecule has 0 aromatic heterocycles. The van der Waals surface area contributed by atoms with Gasteiger partial charge in [-0.2, -0.15) is 0 Å². The summed E-state index contributed by atoms with van der Waals surface area (Å²) in [5.74, 6) is 1.06. The summed E-state index contributed by atoms with van der Waals surface area (Å²) in [5, 5.41) is 2.60. The van der Waals surface area contributed by atoms with Crippen LogP contribution in [0.5, 0.6) is 0 Å². The Balaban J connectivity index is 2.17. The van der Waals surface area contributed by atoms with Gasteiger partial charge in [-0.05, 0) is 12.1 Å². The van der Waals surface area contributed by atoms with E-state index in [0.717, 1.165) is 0 Å². The molecule has 1 aromatic rings. The summed E-state index contributed by atoms with van der Waals surface area (Å²) in [5.41, 5.74) is 0.629. The van der Waals surface area contributed by atoms with E-state index in [1.54, 1.807) is 35.8 Å². The van der Waals surface area contributed by atoms with Crippen LogP contribution in [0.3, 0.4) is 0 Å². The van der Waals surface area contributed by atoms with Gasteiger partial charge in [-0.1, -0.05) is 18.2 Å². The molecule has 1 aromatic carbocycles. The van der Waals surface area contributed by atoms with Gasteiger partial charge >= 0.3 is 0 Å². The molecule has 2 rings (SSSR count). The van der Waals surface area contributed by atoms with Crippen LogP contribution in [0.2, 0.25) is 0 Å². The lowest BCUT2D eigenvalue weighted by Gasteiger charge is -2.22. The van der Waals surface area contributed by atoms with Gasteiger partial charge in [0.05, 0.1) is 5.88 Å². The van der Waals surface area contributed by atoms with Crippen molar-refractivity contribution in [3.8, 4) is 0 Å². The summed E-state index contributed by atoms with van der Waals surface area (Å²) in [6, 6.07) is 8.71. The topological polar surface area (TPSA) is 49.4 Å². The second-order valence-corrected chi connectivity index (χ2v) is 4.77. The van der Waals surface area contributed by atoms with Crippen molar-refractivity contribution in [3.63, 3.8) is 0 Å². The van der Waals surface area contributed by atoms with Gasteiger partial charge in [0.2, 0.25) is 5.91 Å². The molecule has 1 atom stereocenters. The van der Waals surface area contributed by atoms with E-state index in [4.69, 9.17) is 0 Å². The van der Waals surface area contributed by atoms with Crippen LogP contribution in [0.1, 0.15) is 10.4 Å². The van der Waals surface area contributed by atoms with Crippen molar-refractivity contribution in [1.82, 2.24) is 10.2 Å². The van der Waals surface area contributed by atoms with E-state index in [0.29, 0.717) is 17.2 Å². The van der Waals surface area contributed by atoms with Crippen LogP contribution < -0.4 is 5.32 Å². The van der Waals surface area contributed by atoms with Crippen molar-refractivity contribution < 1.29 is 9.59 Å². The smallest absolute Gasteiger partial charge is 0.255 e. The van der Waals surface area contributed by atoms with Crippen LogP contribution in [-0.4, -0.2) is 41.4 Å². The molecule has 2 amide bonds. The molecule has 1 aliphatic rings. The molecule has 1 fully saturated rings. The van der Waals surface area contributed by atoms with Gasteiger partial charge in [0.1, 0.15) is 6.04 Å². The van der Waals surface area contributed by atoms with Crippen LogP contribution in [-0.2, 0) is 4.79 Å². The van der Waals surface area contributed by atoms with E-state index < -0.39 is 0 Å². The molecule has 4 nitrogen and oxygen atoms in total. The first kappa shape index (κ1) is 12.0. The van der Waals surface area contributed by atoms with E-state index in [2.05, 4.69) is 5.32 Å². The maximum atomic E-state index is 12.2. The molecule has 0 radical (unpaired) electrons. The normalized spacial score (nSPS) is 19.1. The van der Waals surface area contributed by atoms with E-state index in [1.807, 2.05) is 18.2 Å². The number of hydrogen-bond acceptors (Lipinski definition) is 3. The highest BCUT2D eigenvalue weighted by molar-refractivity contribution is 7.99. The molecule has 17 heavy (non-hydrogen) atoms. The number of thioether (sulfide) groups is 1. The van der Waals surface area contributed by atoms with Gasteiger partial charge in [0.25, 0.3) is 5.91 Å². The molecule has 1 saturated heterocycles. The maximum absolute atomic E-state index is 12.2. The summed E-state index contributed by atoms with van der Waals surface area (Å²) >= 11 is 1.60. The monoisotopic (exact) mass is 250 g/mol. The molecule has 1 aliphatic heterocycles. The first-order chi connectivity index (χ1) is 8.24. The predicted octanol–water partition coefficient (Wildman–Crippen LogP) is 0.948. The van der Waals surface area contributed by atoms with E-state index in [9.17, 15) is 9.59 Å². The molecule has 0 bridgehead atoms. The number of amides is 2. The third-order valence-electron chi connectivity index (χ3n) is 2.71. The Kier molecular flexibility index (Phi) is 3.68. The lowest BCUT2D eigenvalue weighted by Crippen LogP contribution is -2.46. The van der Waals surface area contributed by atoms with Crippen molar-refractivity contribution in [2.75, 3.05) is 18.7 Å². The predicted molar refractivity (Wildman–Crippen MR) is 67.8 cm³/mol. The number of nitrogens with one attached hydrogen (secondary N) is 1. The minimum Gasteiger partial charge on any atom is -0.357 e. The molecular formula is C12H14N2O2S. The molecule has 0 aliphatic carbocycles. The molecule has 5 heteroatoms. The number of hydrogen-bond donors (Lipinski definition) is 1. The molecule has 1 N–H and O–H groups in total. The van der Waals surface area contributed by atoms with E-state index in [1.165, 1.54) is 0 Å². The molecular weight excluding hydrogens is 236 g/mol. The summed E-state index contributed by atoms with van der Waals surface area (Å²) in [6.45, 7) is 0. The number of rotatable bonds is 2. The third-order valence-corrected chi connectivity index (χ3v) is 3.73. The number of nitrogens with zero attached hydrogens (tertiary/aromatic N) is 1. The maximum Gasteiger partial charge on any atom is 0.255 e. The zero-order valence-corrected chi connectivity index (χ0v) is 10.4. The highest BCUT2D eigenvalue weighted by atomic mass is 32.2. The van der Waals surface area contributed by atoms with E-state index >= 15 is 0 Å². The largest absolute Gasteiger partial charge is 0.357 e. The molecule has 0 spiro atoms. The number of carbonyl (C=O) groups excluding carboxylic acids is 2. The Morgan fingerprint density at radius 3 is 2.71 bits per heavy atom. The Morgan fingerprint density at radius 2 is 2.06 bits per heavy atom. The van der Waals surface area contributed by atoms with Crippen molar-refractivity contribution in [2.24, 2.45) is 0 Å². The third kappa shape index (κ3) is 2.44. The molecule has 90 valence electrons. The Labute approximate surface area is 104 Å². The van der Waals surface area contributed by atoms with Crippen molar-refractivity contribution in [1.29, 1.82) is 0 Å². The van der Waals surface area contributed by atoms with Gasteiger partial charge in [-0.25, -0.2) is 0 Å². The highest BCUT2D eigenvalue weighted by Gasteiger charge is 2.34. The first-order valence-corrected chi connectivity index (χ1v) is 6.55. The average molecular weight is 250 g/mol. The van der Waals surface area contributed by atoms with Crippen molar-refractivity contribution >= 4 is 23.6 Å². The second-order valence-electron chi connectivity index (χ2n) is 3.77. The zero-order chi connectivity index (χ0) is 12.3. The Morgan fingerprint density at radius 1 is 1.35 bits per heavy atom. The number of carbonyl (C=O) groups is 2. The second kappa shape index (κ2) is 5.23. The lowest BCUT2D eigenvalue weighted by molar-refractivity contribution is -0.123. The molecule has 1 heterocycles. The summed E-state index contributed by atoms with van der Waals surface area (Å²) in [6.07, 6.45) is 0. The van der Waals surface area contributed by atoms with Crippen LogP contribution in [0, 0.1) is 0 Å². The van der Waals surface area contributed by atoms with Gasteiger partial charge in [-0.3, -0.25) is 9.59 Å². The van der Waals surface area contributed by atoms with Gasteiger partial charge in [0.15, 0.2) is 0 Å². The first-order valence-electron chi connectivity index (χ1n) is 5.39. The minimum atomic E-state index is -0.349. The minimum absolute atomic E-state index is 0.0794. The van der Waals surface area contributed by atoms with Gasteiger partial charge < -0.3 is 10.2 Å². The van der Waals surface area contributed by atoms with Gasteiger partial charge in [-0.15, -0.1) is 11.8 Å². The summed E-state index contributed by atoms with van der Waals surface area (Å²) in [7, 11) is 1.59. The van der Waals surface area contributed by atoms with Crippen LogP contribution in [0.25, 0.3) is 0 Å². The van der Waals surface area contributed by atoms with E-state index in [-0.39, 0.29) is 17.9 Å². The lowest BCUT2D eigenvalue weighted by atomic mass is 10.1. The summed E-state index contributed by atoms with van der Waals surface area (Å²) in [4.78, 5) is 25.5. The number of benzene rings is 1. The Hall–Kier alpha value is -1.49. The zero-order valence-electron chi connectivity index (χ0n) is 9.55. The van der Waals surface area contributed by atoms with Crippen LogP contribution in [0.15, 0.2) is 30.3 Å². The quantitative estimate of drug-likeness (QED) is 0.850. The fraction of sp³-hybridized carbons (Fsp3) is 0.333. The summed E-state index contributed by atoms with van der Waals surface area (Å²) < 4.78 is 0. The Bertz CT molecular complexity index is 422. The standard InChI is InChI=1S/C12H14N2O2S/c1-13-11(15)10-7-17-8-14(10)12(16)9-5-3-2-4-6-9/h2-6,10H,7-8H2,1H3,(H,13,15)/t10-/m0/s1. The van der Waals surface area contributed by atoms with Crippen LogP contribution in [0.4, 0.5) is 0 Å². The average Bonchev–Trinajstić information content (AvgIpc) is 2.87. The fourth-order valence-corrected chi connectivity index (χ4v) is 2.93. The fourth-order valence-electron chi connectivity index (χ4n) is 1.77. The van der Waals surface area contributed by atoms with Crippen LogP contribution >= 0.6 is 11.8 Å². The molecule has 0 unspecified atom stereocenters.